The Labute approximate surface area is 69.0 Å². The molecular weight excluding hydrogens is 159 g/mol. The Morgan fingerprint density at radius 1 is 1.50 bits per heavy atom. The van der Waals surface area contributed by atoms with E-state index in [1.165, 1.54) is 18.2 Å². The lowest BCUT2D eigenvalue weighted by Gasteiger charge is -1.97. The number of carbonyl (C=O) groups is 1. The zero-order chi connectivity index (χ0) is 9.14. The number of carboxylic acid groups (broad SMARTS) is 1. The second-order valence-electron chi connectivity index (χ2n) is 2.28. The Morgan fingerprint density at radius 3 is 2.67 bits per heavy atom. The van der Waals surface area contributed by atoms with Gasteiger partial charge in [-0.1, -0.05) is 12.7 Å². The Kier molecular flexibility index (Phi) is 2.24. The molecule has 0 aliphatic heterocycles. The first-order chi connectivity index (χ1) is 5.63. The molecule has 62 valence electrons. The molecule has 0 atom stereocenters. The van der Waals surface area contributed by atoms with Crippen LogP contribution >= 0.6 is 0 Å². The van der Waals surface area contributed by atoms with Gasteiger partial charge in [-0.05, 0) is 23.8 Å². The van der Waals surface area contributed by atoms with E-state index in [2.05, 4.69) is 6.58 Å². The largest absolute Gasteiger partial charge is 0.478 e. The van der Waals surface area contributed by atoms with Crippen LogP contribution in [0.3, 0.4) is 0 Å². The van der Waals surface area contributed by atoms with Crippen LogP contribution in [0, 0.1) is 5.82 Å². The fraction of sp³-hybridized carbons (Fsp3) is 0. The second-order valence-corrected chi connectivity index (χ2v) is 2.28. The van der Waals surface area contributed by atoms with Gasteiger partial charge >= 0.3 is 5.97 Å². The van der Waals surface area contributed by atoms with Gasteiger partial charge in [0.25, 0.3) is 0 Å². The lowest BCUT2D eigenvalue weighted by Crippen LogP contribution is -1.97. The highest BCUT2D eigenvalue weighted by Gasteiger charge is 2.04. The Hall–Kier alpha value is -1.64. The minimum absolute atomic E-state index is 0.0649. The summed E-state index contributed by atoms with van der Waals surface area (Å²) in [4.78, 5) is 10.4. The van der Waals surface area contributed by atoms with E-state index in [1.807, 2.05) is 0 Å². The molecule has 0 unspecified atom stereocenters. The van der Waals surface area contributed by atoms with Crippen molar-refractivity contribution >= 4 is 12.0 Å². The molecule has 0 amide bonds. The quantitative estimate of drug-likeness (QED) is 0.730. The van der Waals surface area contributed by atoms with Crippen LogP contribution in [-0.4, -0.2) is 11.1 Å². The molecule has 2 nitrogen and oxygen atoms in total. The molecule has 1 aromatic carbocycles. The van der Waals surface area contributed by atoms with Crippen molar-refractivity contribution in [3.05, 3.63) is 41.7 Å². The average Bonchev–Trinajstić information content (AvgIpc) is 2.03. The summed E-state index contributed by atoms with van der Waals surface area (Å²) in [6.07, 6.45) is 1.40. The number of benzene rings is 1. The van der Waals surface area contributed by atoms with Crippen molar-refractivity contribution in [2.75, 3.05) is 0 Å². The summed E-state index contributed by atoms with van der Waals surface area (Å²) in [7, 11) is 0. The lowest BCUT2D eigenvalue weighted by atomic mass is 10.1. The maximum atomic E-state index is 12.7. The van der Waals surface area contributed by atoms with Crippen LogP contribution in [0.2, 0.25) is 0 Å². The molecule has 0 aromatic heterocycles. The number of hydrogen-bond donors (Lipinski definition) is 1. The third kappa shape index (κ3) is 1.69. The maximum Gasteiger partial charge on any atom is 0.335 e. The fourth-order valence-electron chi connectivity index (χ4n) is 0.854. The second kappa shape index (κ2) is 3.17. The topological polar surface area (TPSA) is 37.3 Å². The molecule has 0 spiro atoms. The Morgan fingerprint density at radius 2 is 2.17 bits per heavy atom. The summed E-state index contributed by atoms with van der Waals surface area (Å²) in [5.41, 5.74) is 0.400. The van der Waals surface area contributed by atoms with Crippen molar-refractivity contribution in [3.63, 3.8) is 0 Å². The van der Waals surface area contributed by atoms with Crippen molar-refractivity contribution in [1.29, 1.82) is 0 Å². The number of rotatable bonds is 2. The fourth-order valence-corrected chi connectivity index (χ4v) is 0.854. The van der Waals surface area contributed by atoms with Gasteiger partial charge in [-0.15, -0.1) is 0 Å². The van der Waals surface area contributed by atoms with Gasteiger partial charge in [0.15, 0.2) is 0 Å². The first-order valence-corrected chi connectivity index (χ1v) is 3.30. The first kappa shape index (κ1) is 8.46. The molecule has 3 heteroatoms. The molecule has 12 heavy (non-hydrogen) atoms. The molecule has 0 saturated carbocycles. The van der Waals surface area contributed by atoms with E-state index < -0.39 is 11.8 Å². The van der Waals surface area contributed by atoms with Crippen LogP contribution in [0.1, 0.15) is 15.9 Å². The van der Waals surface area contributed by atoms with Gasteiger partial charge in [0.1, 0.15) is 5.82 Å². The molecule has 0 heterocycles. The molecule has 0 bridgehead atoms. The van der Waals surface area contributed by atoms with Gasteiger partial charge in [0, 0.05) is 0 Å². The molecule has 0 aliphatic rings. The van der Waals surface area contributed by atoms with Crippen molar-refractivity contribution in [3.8, 4) is 0 Å². The summed E-state index contributed by atoms with van der Waals surface area (Å²) in [6, 6.07) is 3.55. The van der Waals surface area contributed by atoms with Crippen molar-refractivity contribution in [2.24, 2.45) is 0 Å². The van der Waals surface area contributed by atoms with E-state index in [1.54, 1.807) is 0 Å². The van der Waals surface area contributed by atoms with Gasteiger partial charge < -0.3 is 5.11 Å². The van der Waals surface area contributed by atoms with Crippen molar-refractivity contribution in [2.45, 2.75) is 0 Å². The number of carboxylic acids is 1. The zero-order valence-corrected chi connectivity index (χ0v) is 6.25. The van der Waals surface area contributed by atoms with Gasteiger partial charge in [0.2, 0.25) is 0 Å². The van der Waals surface area contributed by atoms with E-state index in [-0.39, 0.29) is 5.56 Å². The van der Waals surface area contributed by atoms with Crippen LogP contribution < -0.4 is 0 Å². The normalized spacial score (nSPS) is 9.42. The summed E-state index contributed by atoms with van der Waals surface area (Å²) < 4.78 is 12.7. The number of aromatic carboxylic acids is 1. The first-order valence-electron chi connectivity index (χ1n) is 3.30. The Bertz CT molecular complexity index is 331. The van der Waals surface area contributed by atoms with Crippen LogP contribution in [0.15, 0.2) is 24.8 Å². The highest BCUT2D eigenvalue weighted by molar-refractivity contribution is 5.88. The minimum atomic E-state index is -1.14. The maximum absolute atomic E-state index is 12.7. The van der Waals surface area contributed by atoms with Crippen molar-refractivity contribution in [1.82, 2.24) is 0 Å². The number of halogens is 1. The summed E-state index contributed by atoms with van der Waals surface area (Å²) in [5, 5.41) is 8.53. The van der Waals surface area contributed by atoms with Crippen LogP contribution in [-0.2, 0) is 0 Å². The molecule has 1 rings (SSSR count). The van der Waals surface area contributed by atoms with Gasteiger partial charge in [-0.25, -0.2) is 9.18 Å². The summed E-state index contributed by atoms with van der Waals surface area (Å²) in [6.45, 7) is 3.41. The molecule has 1 N–H and O–H groups in total. The minimum Gasteiger partial charge on any atom is -0.478 e. The molecule has 0 saturated heterocycles. The van der Waals surface area contributed by atoms with Gasteiger partial charge in [-0.2, -0.15) is 0 Å². The molecule has 0 aliphatic carbocycles. The van der Waals surface area contributed by atoms with Crippen molar-refractivity contribution < 1.29 is 14.3 Å². The smallest absolute Gasteiger partial charge is 0.335 e. The molecular formula is C9H7FO2. The van der Waals surface area contributed by atoms with E-state index in [0.717, 1.165) is 6.07 Å². The third-order valence-electron chi connectivity index (χ3n) is 1.40. The van der Waals surface area contributed by atoms with Crippen LogP contribution in [0.5, 0.6) is 0 Å². The third-order valence-corrected chi connectivity index (χ3v) is 1.40. The van der Waals surface area contributed by atoms with E-state index in [0.29, 0.717) is 5.56 Å². The highest BCUT2D eigenvalue weighted by atomic mass is 19.1. The summed E-state index contributed by atoms with van der Waals surface area (Å²) >= 11 is 0. The van der Waals surface area contributed by atoms with E-state index >= 15 is 0 Å². The highest BCUT2D eigenvalue weighted by Crippen LogP contribution is 2.09. The molecule has 0 radical (unpaired) electrons. The van der Waals surface area contributed by atoms with Gasteiger partial charge in [-0.3, -0.25) is 0 Å². The number of hydrogen-bond acceptors (Lipinski definition) is 1. The molecule has 1 aromatic rings. The zero-order valence-electron chi connectivity index (χ0n) is 6.25. The molecule has 0 fully saturated rings. The lowest BCUT2D eigenvalue weighted by molar-refractivity contribution is 0.0696. The summed E-state index contributed by atoms with van der Waals surface area (Å²) in [5.74, 6) is -1.71. The monoisotopic (exact) mass is 166 g/mol. The van der Waals surface area contributed by atoms with Gasteiger partial charge in [0.05, 0.1) is 5.56 Å². The predicted octanol–water partition coefficient (Wildman–Crippen LogP) is 2.17. The van der Waals surface area contributed by atoms with Crippen LogP contribution in [0.4, 0.5) is 4.39 Å². The van der Waals surface area contributed by atoms with Crippen LogP contribution in [0.25, 0.3) is 6.08 Å². The standard InChI is InChI=1S/C9H7FO2/c1-2-6-3-7(9(11)12)5-8(10)4-6/h2-5H,1H2,(H,11,12). The SMILES string of the molecule is C=Cc1cc(F)cc(C(=O)O)c1. The van der Waals surface area contributed by atoms with E-state index in [4.69, 9.17) is 5.11 Å². The van der Waals surface area contributed by atoms with E-state index in [9.17, 15) is 9.18 Å². The average molecular weight is 166 g/mol. The Balaban J connectivity index is 3.23. The predicted molar refractivity (Wildman–Crippen MR) is 43.5 cm³/mol.